The standard InChI is InChI=1S/C33H32N2O8/c34-29(36)22-42-32(38)30(35-33(39)43-21-25-14-8-3-9-15-25)31(37)26-16-17-27(40-19-23-10-4-1-5-11-23)28(18-26)41-20-24-12-6-2-7-13-24/h1-18,30-31,37H,19-22H2,(H2,34,36)(H,35,39)/t30-,31?/m0/s1. The van der Waals surface area contributed by atoms with Gasteiger partial charge >= 0.3 is 12.1 Å². The van der Waals surface area contributed by atoms with E-state index in [2.05, 4.69) is 5.32 Å². The van der Waals surface area contributed by atoms with Crippen LogP contribution in [0.5, 0.6) is 11.5 Å². The van der Waals surface area contributed by atoms with E-state index in [9.17, 15) is 19.5 Å². The van der Waals surface area contributed by atoms with Crippen LogP contribution >= 0.6 is 0 Å². The number of aliphatic hydroxyl groups is 1. The van der Waals surface area contributed by atoms with Gasteiger partial charge in [0.05, 0.1) is 0 Å². The smallest absolute Gasteiger partial charge is 0.408 e. The lowest BCUT2D eigenvalue weighted by molar-refractivity contribution is -0.152. The van der Waals surface area contributed by atoms with Crippen molar-refractivity contribution in [2.75, 3.05) is 6.61 Å². The molecule has 2 amide bonds. The minimum Gasteiger partial charge on any atom is -0.485 e. The van der Waals surface area contributed by atoms with Gasteiger partial charge in [-0.2, -0.15) is 0 Å². The van der Waals surface area contributed by atoms with Crippen LogP contribution in [0.2, 0.25) is 0 Å². The van der Waals surface area contributed by atoms with Gasteiger partial charge in [0.1, 0.15) is 25.9 Å². The summed E-state index contributed by atoms with van der Waals surface area (Å²) >= 11 is 0. The molecule has 4 N–H and O–H groups in total. The average molecular weight is 585 g/mol. The second-order valence-electron chi connectivity index (χ2n) is 9.46. The quantitative estimate of drug-likeness (QED) is 0.187. The molecule has 0 aromatic heterocycles. The van der Waals surface area contributed by atoms with Gasteiger partial charge in [-0.1, -0.05) is 97.1 Å². The Morgan fingerprint density at radius 1 is 0.674 bits per heavy atom. The number of carbonyl (C=O) groups is 3. The van der Waals surface area contributed by atoms with Crippen LogP contribution < -0.4 is 20.5 Å². The van der Waals surface area contributed by atoms with Gasteiger partial charge < -0.3 is 35.1 Å². The summed E-state index contributed by atoms with van der Waals surface area (Å²) in [6.07, 6.45) is -2.60. The number of ether oxygens (including phenoxy) is 4. The molecule has 0 saturated heterocycles. The molecule has 2 atom stereocenters. The van der Waals surface area contributed by atoms with Gasteiger partial charge in [0.25, 0.3) is 5.91 Å². The van der Waals surface area contributed by atoms with Crippen LogP contribution in [-0.4, -0.2) is 35.7 Å². The first-order valence-electron chi connectivity index (χ1n) is 13.5. The van der Waals surface area contributed by atoms with Crippen molar-refractivity contribution in [3.8, 4) is 11.5 Å². The third kappa shape index (κ3) is 9.61. The monoisotopic (exact) mass is 584 g/mol. The number of rotatable bonds is 14. The van der Waals surface area contributed by atoms with E-state index in [0.717, 1.165) is 16.7 Å². The Balaban J connectivity index is 1.55. The molecule has 10 nitrogen and oxygen atoms in total. The number of hydrogen-bond acceptors (Lipinski definition) is 8. The zero-order valence-electron chi connectivity index (χ0n) is 23.3. The highest BCUT2D eigenvalue weighted by molar-refractivity contribution is 5.85. The maximum Gasteiger partial charge on any atom is 0.408 e. The molecule has 10 heteroatoms. The van der Waals surface area contributed by atoms with Crippen molar-refractivity contribution in [2.45, 2.75) is 32.0 Å². The minimum atomic E-state index is -1.64. The molecule has 4 aromatic rings. The predicted molar refractivity (Wildman–Crippen MR) is 157 cm³/mol. The van der Waals surface area contributed by atoms with Crippen molar-refractivity contribution in [1.82, 2.24) is 5.32 Å². The zero-order chi connectivity index (χ0) is 30.4. The SMILES string of the molecule is NC(=O)COC(=O)[C@@H](NC(=O)OCc1ccccc1)C(O)c1ccc(OCc2ccccc2)c(OCc2ccccc2)c1. The van der Waals surface area contributed by atoms with Crippen molar-refractivity contribution >= 4 is 18.0 Å². The minimum absolute atomic E-state index is 0.0727. The molecule has 0 heterocycles. The topological polar surface area (TPSA) is 146 Å². The Hall–Kier alpha value is -5.35. The van der Waals surface area contributed by atoms with Crippen LogP contribution in [0, 0.1) is 0 Å². The first-order valence-corrected chi connectivity index (χ1v) is 13.5. The molecule has 4 rings (SSSR count). The number of esters is 1. The van der Waals surface area contributed by atoms with Crippen LogP contribution in [0.1, 0.15) is 28.4 Å². The van der Waals surface area contributed by atoms with Crippen molar-refractivity contribution in [2.24, 2.45) is 5.73 Å². The first kappa shape index (κ1) is 30.6. The summed E-state index contributed by atoms with van der Waals surface area (Å²) in [5.41, 5.74) is 7.88. The van der Waals surface area contributed by atoms with E-state index in [-0.39, 0.29) is 25.4 Å². The number of nitrogens with one attached hydrogen (secondary N) is 1. The van der Waals surface area contributed by atoms with Crippen LogP contribution in [0.15, 0.2) is 109 Å². The van der Waals surface area contributed by atoms with Gasteiger partial charge in [0, 0.05) is 0 Å². The summed E-state index contributed by atoms with van der Waals surface area (Å²) in [4.78, 5) is 36.7. The fourth-order valence-corrected chi connectivity index (χ4v) is 3.99. The van der Waals surface area contributed by atoms with Crippen molar-refractivity contribution in [3.63, 3.8) is 0 Å². The van der Waals surface area contributed by atoms with Gasteiger partial charge in [-0.3, -0.25) is 4.79 Å². The maximum absolute atomic E-state index is 12.9. The molecule has 4 aromatic carbocycles. The highest BCUT2D eigenvalue weighted by Crippen LogP contribution is 2.33. The molecular weight excluding hydrogens is 552 g/mol. The second-order valence-corrected chi connectivity index (χ2v) is 9.46. The number of primary amides is 1. The van der Waals surface area contributed by atoms with Gasteiger partial charge in [-0.25, -0.2) is 9.59 Å². The third-order valence-electron chi connectivity index (χ3n) is 6.20. The van der Waals surface area contributed by atoms with Gasteiger partial charge in [0.15, 0.2) is 24.1 Å². The Morgan fingerprint density at radius 2 is 1.19 bits per heavy atom. The maximum atomic E-state index is 12.9. The number of hydrogen-bond donors (Lipinski definition) is 3. The highest BCUT2D eigenvalue weighted by atomic mass is 16.6. The Bertz CT molecular complexity index is 1480. The highest BCUT2D eigenvalue weighted by Gasteiger charge is 2.33. The summed E-state index contributed by atoms with van der Waals surface area (Å²) in [6, 6.07) is 31.0. The molecule has 1 unspecified atom stereocenters. The molecule has 0 aliphatic heterocycles. The summed E-state index contributed by atoms with van der Waals surface area (Å²) in [7, 11) is 0. The Kier molecular flexibility index (Phi) is 11.1. The van der Waals surface area contributed by atoms with E-state index in [1.54, 1.807) is 30.3 Å². The van der Waals surface area contributed by atoms with Crippen LogP contribution in [0.4, 0.5) is 4.79 Å². The molecule has 0 saturated carbocycles. The summed E-state index contributed by atoms with van der Waals surface area (Å²) in [6.45, 7) is -0.339. The van der Waals surface area contributed by atoms with Crippen molar-refractivity contribution < 1.29 is 38.4 Å². The number of benzene rings is 4. The lowest BCUT2D eigenvalue weighted by atomic mass is 10.0. The Labute approximate surface area is 249 Å². The number of amides is 2. The summed E-state index contributed by atoms with van der Waals surface area (Å²) in [5.74, 6) is -1.28. The largest absolute Gasteiger partial charge is 0.485 e. The molecule has 0 fully saturated rings. The summed E-state index contributed by atoms with van der Waals surface area (Å²) < 4.78 is 22.2. The number of alkyl carbamates (subject to hydrolysis) is 1. The molecule has 0 aliphatic carbocycles. The van der Waals surface area contributed by atoms with Crippen LogP contribution in [0.25, 0.3) is 0 Å². The zero-order valence-corrected chi connectivity index (χ0v) is 23.3. The molecule has 0 bridgehead atoms. The van der Waals surface area contributed by atoms with E-state index < -0.39 is 36.7 Å². The lowest BCUT2D eigenvalue weighted by Gasteiger charge is -2.23. The van der Waals surface area contributed by atoms with E-state index in [0.29, 0.717) is 11.5 Å². The van der Waals surface area contributed by atoms with Crippen molar-refractivity contribution in [3.05, 3.63) is 131 Å². The van der Waals surface area contributed by atoms with E-state index in [4.69, 9.17) is 24.7 Å². The second kappa shape index (κ2) is 15.6. The third-order valence-corrected chi connectivity index (χ3v) is 6.20. The van der Waals surface area contributed by atoms with Crippen LogP contribution in [-0.2, 0) is 38.9 Å². The number of nitrogens with two attached hydrogens (primary N) is 1. The molecule has 43 heavy (non-hydrogen) atoms. The van der Waals surface area contributed by atoms with Crippen molar-refractivity contribution in [1.29, 1.82) is 0 Å². The van der Waals surface area contributed by atoms with E-state index in [1.165, 1.54) is 12.1 Å². The number of aliphatic hydroxyl groups excluding tert-OH is 1. The predicted octanol–water partition coefficient (Wildman–Crippen LogP) is 4.20. The van der Waals surface area contributed by atoms with Gasteiger partial charge in [-0.05, 0) is 34.4 Å². The Morgan fingerprint density at radius 3 is 1.72 bits per heavy atom. The fourth-order valence-electron chi connectivity index (χ4n) is 3.99. The van der Waals surface area contributed by atoms with E-state index in [1.807, 2.05) is 66.7 Å². The molecular formula is C33H32N2O8. The first-order chi connectivity index (χ1) is 20.9. The molecule has 0 radical (unpaired) electrons. The molecule has 0 aliphatic rings. The molecule has 0 spiro atoms. The average Bonchev–Trinajstić information content (AvgIpc) is 3.04. The fraction of sp³-hybridized carbons (Fsp3) is 0.182. The summed E-state index contributed by atoms with van der Waals surface area (Å²) in [5, 5.41) is 13.6. The lowest BCUT2D eigenvalue weighted by Crippen LogP contribution is -2.46. The normalized spacial score (nSPS) is 11.9. The number of carbonyl (C=O) groups excluding carboxylic acids is 3. The van der Waals surface area contributed by atoms with Crippen LogP contribution in [0.3, 0.4) is 0 Å². The molecule has 222 valence electrons. The van der Waals surface area contributed by atoms with Gasteiger partial charge in [-0.15, -0.1) is 0 Å². The van der Waals surface area contributed by atoms with Gasteiger partial charge in [0.2, 0.25) is 0 Å². The van der Waals surface area contributed by atoms with E-state index >= 15 is 0 Å².